The second-order valence-corrected chi connectivity index (χ2v) is 4.81. The molecule has 0 amide bonds. The predicted octanol–water partition coefficient (Wildman–Crippen LogP) is 1.56. The van der Waals surface area contributed by atoms with Crippen LogP contribution in [-0.2, 0) is 17.8 Å². The summed E-state index contributed by atoms with van der Waals surface area (Å²) in [5, 5.41) is 12.7. The quantitative estimate of drug-likeness (QED) is 0.759. The molecule has 0 radical (unpaired) electrons. The van der Waals surface area contributed by atoms with Crippen molar-refractivity contribution in [3.05, 3.63) is 11.7 Å². The Hall–Kier alpha value is -1.43. The van der Waals surface area contributed by atoms with Crippen molar-refractivity contribution in [2.75, 3.05) is 13.1 Å². The molecule has 1 heterocycles. The molecule has 0 saturated carbocycles. The molecule has 18 heavy (non-hydrogen) atoms. The molecule has 0 aliphatic carbocycles. The van der Waals surface area contributed by atoms with Crippen molar-refractivity contribution < 1.29 is 14.4 Å². The third kappa shape index (κ3) is 5.27. The van der Waals surface area contributed by atoms with Crippen LogP contribution in [0.5, 0.6) is 0 Å². The summed E-state index contributed by atoms with van der Waals surface area (Å²) in [5.41, 5.74) is 0. The smallest absolute Gasteiger partial charge is 0.317 e. The lowest BCUT2D eigenvalue weighted by Gasteiger charge is -2.20. The van der Waals surface area contributed by atoms with Crippen LogP contribution in [-0.4, -0.2) is 39.2 Å². The average Bonchev–Trinajstić information content (AvgIpc) is 2.64. The minimum Gasteiger partial charge on any atom is -0.480 e. The van der Waals surface area contributed by atoms with Gasteiger partial charge in [-0.15, -0.1) is 0 Å². The fourth-order valence-corrected chi connectivity index (χ4v) is 1.76. The summed E-state index contributed by atoms with van der Waals surface area (Å²) < 4.78 is 5.12. The van der Waals surface area contributed by atoms with E-state index < -0.39 is 5.97 Å². The van der Waals surface area contributed by atoms with Crippen molar-refractivity contribution in [3.63, 3.8) is 0 Å². The fourth-order valence-electron chi connectivity index (χ4n) is 1.76. The van der Waals surface area contributed by atoms with Crippen LogP contribution in [0.1, 0.15) is 38.9 Å². The fraction of sp³-hybridized carbons (Fsp3) is 0.750. The topological polar surface area (TPSA) is 79.5 Å². The highest BCUT2D eigenvalue weighted by Crippen LogP contribution is 2.07. The van der Waals surface area contributed by atoms with Crippen LogP contribution in [0.3, 0.4) is 0 Å². The zero-order valence-electron chi connectivity index (χ0n) is 11.2. The Kier molecular flexibility index (Phi) is 5.77. The van der Waals surface area contributed by atoms with Crippen LogP contribution in [0.15, 0.2) is 4.52 Å². The Labute approximate surface area is 107 Å². The molecule has 0 aliphatic heterocycles. The van der Waals surface area contributed by atoms with Gasteiger partial charge in [-0.3, -0.25) is 9.69 Å². The largest absolute Gasteiger partial charge is 0.480 e. The Morgan fingerprint density at radius 2 is 2.22 bits per heavy atom. The molecule has 1 aromatic heterocycles. The van der Waals surface area contributed by atoms with Gasteiger partial charge in [-0.05, 0) is 12.3 Å². The van der Waals surface area contributed by atoms with Crippen LogP contribution >= 0.6 is 0 Å². The molecule has 6 nitrogen and oxygen atoms in total. The molecular formula is C12H21N3O3. The number of rotatable bonds is 8. The van der Waals surface area contributed by atoms with E-state index in [1.807, 2.05) is 20.8 Å². The van der Waals surface area contributed by atoms with Crippen molar-refractivity contribution in [1.82, 2.24) is 15.0 Å². The molecule has 1 rings (SSSR count). The van der Waals surface area contributed by atoms with Gasteiger partial charge in [-0.1, -0.05) is 25.9 Å². The number of carboxylic acid groups (broad SMARTS) is 1. The first-order valence-corrected chi connectivity index (χ1v) is 6.26. The molecule has 0 spiro atoms. The van der Waals surface area contributed by atoms with Gasteiger partial charge in [0.1, 0.15) is 0 Å². The molecule has 0 bridgehead atoms. The van der Waals surface area contributed by atoms with Gasteiger partial charge in [-0.2, -0.15) is 4.98 Å². The van der Waals surface area contributed by atoms with Crippen molar-refractivity contribution in [1.29, 1.82) is 0 Å². The highest BCUT2D eigenvalue weighted by molar-refractivity contribution is 5.69. The van der Waals surface area contributed by atoms with Gasteiger partial charge >= 0.3 is 5.97 Å². The molecule has 0 fully saturated rings. The number of hydrogen-bond acceptors (Lipinski definition) is 5. The SMILES string of the molecule is CCCc1noc(CN(CC(=O)O)CC(C)C)n1. The summed E-state index contributed by atoms with van der Waals surface area (Å²) in [4.78, 5) is 16.8. The normalized spacial score (nSPS) is 11.4. The van der Waals surface area contributed by atoms with Crippen molar-refractivity contribution >= 4 is 5.97 Å². The summed E-state index contributed by atoms with van der Waals surface area (Å²) in [5.74, 6) is 0.721. The molecule has 102 valence electrons. The van der Waals surface area contributed by atoms with E-state index >= 15 is 0 Å². The molecule has 6 heteroatoms. The van der Waals surface area contributed by atoms with Crippen LogP contribution in [0.2, 0.25) is 0 Å². The third-order valence-electron chi connectivity index (χ3n) is 2.32. The second-order valence-electron chi connectivity index (χ2n) is 4.81. The van der Waals surface area contributed by atoms with Crippen LogP contribution in [0.25, 0.3) is 0 Å². The Morgan fingerprint density at radius 1 is 1.50 bits per heavy atom. The molecular weight excluding hydrogens is 234 g/mol. The first-order valence-electron chi connectivity index (χ1n) is 6.26. The second kappa shape index (κ2) is 7.10. The van der Waals surface area contributed by atoms with Gasteiger partial charge in [0.25, 0.3) is 0 Å². The Bertz CT molecular complexity index is 376. The van der Waals surface area contributed by atoms with Gasteiger partial charge in [-0.25, -0.2) is 0 Å². The first kappa shape index (κ1) is 14.6. The van der Waals surface area contributed by atoms with E-state index in [0.717, 1.165) is 12.8 Å². The molecule has 1 N–H and O–H groups in total. The van der Waals surface area contributed by atoms with E-state index in [9.17, 15) is 4.79 Å². The van der Waals surface area contributed by atoms with Gasteiger partial charge in [0.15, 0.2) is 5.82 Å². The molecule has 0 aromatic carbocycles. The number of carboxylic acids is 1. The highest BCUT2D eigenvalue weighted by Gasteiger charge is 2.15. The Morgan fingerprint density at radius 3 is 2.78 bits per heavy atom. The number of nitrogens with zero attached hydrogens (tertiary/aromatic N) is 3. The standard InChI is InChI=1S/C12H21N3O3/c1-4-5-10-13-11(18-14-10)7-15(6-9(2)3)8-12(16)17/h9H,4-8H2,1-3H3,(H,16,17). The minimum atomic E-state index is -0.844. The lowest BCUT2D eigenvalue weighted by molar-refractivity contribution is -0.138. The lowest BCUT2D eigenvalue weighted by atomic mass is 10.2. The summed E-state index contributed by atoms with van der Waals surface area (Å²) in [7, 11) is 0. The number of hydrogen-bond donors (Lipinski definition) is 1. The van der Waals surface area contributed by atoms with Crippen LogP contribution in [0.4, 0.5) is 0 Å². The monoisotopic (exact) mass is 255 g/mol. The highest BCUT2D eigenvalue weighted by atomic mass is 16.5. The van der Waals surface area contributed by atoms with Gasteiger partial charge < -0.3 is 9.63 Å². The van der Waals surface area contributed by atoms with Crippen LogP contribution < -0.4 is 0 Å². The van der Waals surface area contributed by atoms with E-state index in [-0.39, 0.29) is 6.54 Å². The first-order chi connectivity index (χ1) is 8.51. The van der Waals surface area contributed by atoms with Crippen LogP contribution in [0, 0.1) is 5.92 Å². The van der Waals surface area contributed by atoms with Crippen molar-refractivity contribution in [3.8, 4) is 0 Å². The average molecular weight is 255 g/mol. The van der Waals surface area contributed by atoms with Gasteiger partial charge in [0.2, 0.25) is 5.89 Å². The molecule has 0 atom stereocenters. The van der Waals surface area contributed by atoms with Gasteiger partial charge in [0, 0.05) is 13.0 Å². The van der Waals surface area contributed by atoms with E-state index in [1.165, 1.54) is 0 Å². The van der Waals surface area contributed by atoms with Crippen molar-refractivity contribution in [2.24, 2.45) is 5.92 Å². The van der Waals surface area contributed by atoms with E-state index in [1.54, 1.807) is 4.90 Å². The van der Waals surface area contributed by atoms with E-state index in [2.05, 4.69) is 10.1 Å². The minimum absolute atomic E-state index is 0.0102. The number of aryl methyl sites for hydroxylation is 1. The molecule has 0 unspecified atom stereocenters. The maximum absolute atomic E-state index is 10.8. The van der Waals surface area contributed by atoms with E-state index in [4.69, 9.17) is 9.63 Å². The molecule has 0 aliphatic rings. The number of aromatic nitrogens is 2. The zero-order chi connectivity index (χ0) is 13.5. The summed E-state index contributed by atoms with van der Waals surface area (Å²) in [6.45, 7) is 7.21. The summed E-state index contributed by atoms with van der Waals surface area (Å²) in [6, 6.07) is 0. The maximum Gasteiger partial charge on any atom is 0.317 e. The lowest BCUT2D eigenvalue weighted by Crippen LogP contribution is -2.32. The predicted molar refractivity (Wildman–Crippen MR) is 66.0 cm³/mol. The number of aliphatic carboxylic acids is 1. The molecule has 1 aromatic rings. The third-order valence-corrected chi connectivity index (χ3v) is 2.32. The zero-order valence-corrected chi connectivity index (χ0v) is 11.2. The van der Waals surface area contributed by atoms with Crippen molar-refractivity contribution in [2.45, 2.75) is 40.2 Å². The van der Waals surface area contributed by atoms with E-state index in [0.29, 0.717) is 30.7 Å². The maximum atomic E-state index is 10.8. The summed E-state index contributed by atoms with van der Waals surface area (Å²) in [6.07, 6.45) is 1.75. The molecule has 0 saturated heterocycles. The Balaban J connectivity index is 2.59. The van der Waals surface area contributed by atoms with Gasteiger partial charge in [0.05, 0.1) is 13.1 Å². The summed E-state index contributed by atoms with van der Waals surface area (Å²) >= 11 is 0. The number of carbonyl (C=O) groups is 1.